The molecule has 166 valence electrons. The summed E-state index contributed by atoms with van der Waals surface area (Å²) in [7, 11) is 1.50. The number of ether oxygens (including phenoxy) is 2. The molecule has 0 saturated carbocycles. The van der Waals surface area contributed by atoms with E-state index in [0.29, 0.717) is 11.5 Å². The molecule has 0 fully saturated rings. The van der Waals surface area contributed by atoms with Gasteiger partial charge < -0.3 is 14.6 Å². The van der Waals surface area contributed by atoms with Gasteiger partial charge in [0.05, 0.1) is 6.54 Å². The molecule has 2 aromatic carbocycles. The average Bonchev–Trinajstić information content (AvgIpc) is 3.15. The smallest absolute Gasteiger partial charge is 0.329 e. The van der Waals surface area contributed by atoms with Crippen LogP contribution in [-0.2, 0) is 20.0 Å². The number of H-pyrrole nitrogens is 1. The predicted octanol–water partition coefficient (Wildman–Crippen LogP) is 2.22. The van der Waals surface area contributed by atoms with E-state index in [1.54, 1.807) is 24.3 Å². The summed E-state index contributed by atoms with van der Waals surface area (Å²) in [4.78, 5) is 31.2. The van der Waals surface area contributed by atoms with Gasteiger partial charge in [-0.3, -0.25) is 18.9 Å². The molecule has 4 aromatic rings. The van der Waals surface area contributed by atoms with E-state index < -0.39 is 17.4 Å². The molecule has 32 heavy (non-hydrogen) atoms. The number of aliphatic hydroxyl groups is 1. The lowest BCUT2D eigenvalue weighted by molar-refractivity contribution is 0.0915. The monoisotopic (exact) mass is 436 g/mol. The van der Waals surface area contributed by atoms with Crippen LogP contribution in [0.4, 0.5) is 0 Å². The van der Waals surface area contributed by atoms with E-state index in [0.717, 1.165) is 12.0 Å². The molecule has 9 nitrogen and oxygen atoms in total. The van der Waals surface area contributed by atoms with Gasteiger partial charge >= 0.3 is 11.7 Å². The molecule has 0 aliphatic rings. The number of para-hydroxylation sites is 1. The molecule has 0 aliphatic heterocycles. The van der Waals surface area contributed by atoms with Crippen LogP contribution in [0.2, 0.25) is 0 Å². The lowest BCUT2D eigenvalue weighted by Gasteiger charge is -2.15. The summed E-state index contributed by atoms with van der Waals surface area (Å²) < 4.78 is 14.3. The second-order valence-corrected chi connectivity index (χ2v) is 7.38. The molecule has 2 N–H and O–H groups in total. The van der Waals surface area contributed by atoms with Gasteiger partial charge in [-0.1, -0.05) is 37.3 Å². The number of benzene rings is 2. The first-order chi connectivity index (χ1) is 15.5. The summed E-state index contributed by atoms with van der Waals surface area (Å²) in [6.07, 6.45) is -0.0879. The number of aromatic amines is 1. The van der Waals surface area contributed by atoms with Crippen molar-refractivity contribution in [1.29, 1.82) is 0 Å². The molecule has 1 atom stereocenters. The fourth-order valence-electron chi connectivity index (χ4n) is 3.37. The van der Waals surface area contributed by atoms with Gasteiger partial charge in [-0.2, -0.15) is 4.98 Å². The molecule has 0 unspecified atom stereocenters. The first-order valence-corrected chi connectivity index (χ1v) is 10.3. The Labute approximate surface area is 183 Å². The Morgan fingerprint density at radius 2 is 1.84 bits per heavy atom. The van der Waals surface area contributed by atoms with Crippen molar-refractivity contribution in [2.75, 3.05) is 6.61 Å². The number of nitrogens with zero attached hydrogens (tertiary/aromatic N) is 3. The van der Waals surface area contributed by atoms with Gasteiger partial charge in [0.25, 0.3) is 5.56 Å². The standard InChI is InChI=1S/C23H24N4O5/c1-3-15-8-7-11-18(12-15)31-14-16(28)13-27-19-20(26(2)22(30)25-21(19)29)24-23(27)32-17-9-5-4-6-10-17/h4-12,16,28H,3,13-14H2,1-2H3,(H,25,29,30)/t16-/m1/s1. The Morgan fingerprint density at radius 3 is 2.59 bits per heavy atom. The number of hydrogen-bond acceptors (Lipinski definition) is 6. The van der Waals surface area contributed by atoms with Crippen LogP contribution in [0.1, 0.15) is 12.5 Å². The Bertz CT molecular complexity index is 1340. The van der Waals surface area contributed by atoms with Gasteiger partial charge in [-0.25, -0.2) is 4.79 Å². The van der Waals surface area contributed by atoms with Crippen LogP contribution >= 0.6 is 0 Å². The van der Waals surface area contributed by atoms with Crippen molar-refractivity contribution in [2.45, 2.75) is 26.0 Å². The molecule has 0 amide bonds. The number of aryl methyl sites for hydroxylation is 2. The Kier molecular flexibility index (Phi) is 6.09. The number of aliphatic hydroxyl groups excluding tert-OH is 1. The molecule has 9 heteroatoms. The fraction of sp³-hybridized carbons (Fsp3) is 0.261. The highest BCUT2D eigenvalue weighted by molar-refractivity contribution is 5.71. The summed E-state index contributed by atoms with van der Waals surface area (Å²) in [6, 6.07) is 16.7. The fourth-order valence-corrected chi connectivity index (χ4v) is 3.37. The minimum atomic E-state index is -0.965. The highest BCUT2D eigenvalue weighted by Gasteiger charge is 2.21. The van der Waals surface area contributed by atoms with Gasteiger partial charge in [0.2, 0.25) is 0 Å². The third kappa shape index (κ3) is 4.42. The van der Waals surface area contributed by atoms with E-state index in [-0.39, 0.29) is 30.3 Å². The number of imidazole rings is 1. The minimum absolute atomic E-state index is 0.00128. The molecule has 0 saturated heterocycles. The molecular weight excluding hydrogens is 412 g/mol. The normalized spacial score (nSPS) is 12.1. The van der Waals surface area contributed by atoms with Gasteiger partial charge in [-0.05, 0) is 36.2 Å². The van der Waals surface area contributed by atoms with Crippen LogP contribution in [0.3, 0.4) is 0 Å². The first kappa shape index (κ1) is 21.4. The SMILES string of the molecule is CCc1cccc(OC[C@H](O)Cn2c(Oc3ccccc3)nc3c2c(=O)[nH]c(=O)n3C)c1. The summed E-state index contributed by atoms with van der Waals surface area (Å²) in [5.74, 6) is 1.16. The number of fused-ring (bicyclic) bond motifs is 1. The topological polar surface area (TPSA) is 111 Å². The third-order valence-corrected chi connectivity index (χ3v) is 5.07. The van der Waals surface area contributed by atoms with E-state index in [9.17, 15) is 14.7 Å². The number of aromatic nitrogens is 4. The van der Waals surface area contributed by atoms with Gasteiger partial charge in [0.15, 0.2) is 11.2 Å². The van der Waals surface area contributed by atoms with E-state index in [1.165, 1.54) is 16.2 Å². The summed E-state index contributed by atoms with van der Waals surface area (Å²) in [5, 5.41) is 10.7. The van der Waals surface area contributed by atoms with Crippen molar-refractivity contribution >= 4 is 11.2 Å². The summed E-state index contributed by atoms with van der Waals surface area (Å²) in [6.45, 7) is 2.03. The van der Waals surface area contributed by atoms with Gasteiger partial charge in [-0.15, -0.1) is 0 Å². The average molecular weight is 436 g/mol. The Hall–Kier alpha value is -3.85. The zero-order valence-corrected chi connectivity index (χ0v) is 17.8. The zero-order chi connectivity index (χ0) is 22.7. The second-order valence-electron chi connectivity index (χ2n) is 7.38. The van der Waals surface area contributed by atoms with Crippen molar-refractivity contribution < 1.29 is 14.6 Å². The third-order valence-electron chi connectivity index (χ3n) is 5.07. The van der Waals surface area contributed by atoms with Crippen LogP contribution in [0, 0.1) is 0 Å². The lowest BCUT2D eigenvalue weighted by atomic mass is 10.2. The van der Waals surface area contributed by atoms with Crippen molar-refractivity contribution in [2.24, 2.45) is 7.05 Å². The Balaban J connectivity index is 1.65. The molecule has 4 rings (SSSR count). The maximum Gasteiger partial charge on any atom is 0.329 e. The lowest BCUT2D eigenvalue weighted by Crippen LogP contribution is -2.30. The van der Waals surface area contributed by atoms with Crippen molar-refractivity contribution in [3.05, 3.63) is 81.0 Å². The number of hydrogen-bond donors (Lipinski definition) is 2. The van der Waals surface area contributed by atoms with Crippen molar-refractivity contribution in [3.63, 3.8) is 0 Å². The minimum Gasteiger partial charge on any atom is -0.491 e. The van der Waals surface area contributed by atoms with E-state index in [1.807, 2.05) is 30.3 Å². The maximum absolute atomic E-state index is 12.6. The number of nitrogens with one attached hydrogen (secondary N) is 1. The highest BCUT2D eigenvalue weighted by atomic mass is 16.5. The molecule has 0 bridgehead atoms. The Morgan fingerprint density at radius 1 is 1.09 bits per heavy atom. The van der Waals surface area contributed by atoms with Gasteiger partial charge in [0.1, 0.15) is 24.2 Å². The molecule has 2 heterocycles. The van der Waals surface area contributed by atoms with Crippen LogP contribution in [0.15, 0.2) is 64.2 Å². The van der Waals surface area contributed by atoms with E-state index in [2.05, 4.69) is 16.9 Å². The molecule has 0 spiro atoms. The van der Waals surface area contributed by atoms with Crippen LogP contribution in [0.25, 0.3) is 11.2 Å². The summed E-state index contributed by atoms with van der Waals surface area (Å²) >= 11 is 0. The predicted molar refractivity (Wildman–Crippen MR) is 119 cm³/mol. The van der Waals surface area contributed by atoms with E-state index >= 15 is 0 Å². The molecule has 2 aromatic heterocycles. The quantitative estimate of drug-likeness (QED) is 0.438. The highest BCUT2D eigenvalue weighted by Crippen LogP contribution is 2.24. The molecular formula is C23H24N4O5. The zero-order valence-electron chi connectivity index (χ0n) is 17.8. The largest absolute Gasteiger partial charge is 0.491 e. The summed E-state index contributed by atoms with van der Waals surface area (Å²) in [5.41, 5.74) is 0.225. The second kappa shape index (κ2) is 9.11. The molecule has 0 aliphatic carbocycles. The number of rotatable bonds is 8. The van der Waals surface area contributed by atoms with Crippen LogP contribution in [0.5, 0.6) is 17.5 Å². The molecule has 0 radical (unpaired) electrons. The van der Waals surface area contributed by atoms with Crippen LogP contribution < -0.4 is 20.7 Å². The van der Waals surface area contributed by atoms with Crippen molar-refractivity contribution in [3.8, 4) is 17.5 Å². The van der Waals surface area contributed by atoms with Crippen molar-refractivity contribution in [1.82, 2.24) is 19.1 Å². The maximum atomic E-state index is 12.6. The first-order valence-electron chi connectivity index (χ1n) is 10.3. The van der Waals surface area contributed by atoms with E-state index in [4.69, 9.17) is 9.47 Å². The van der Waals surface area contributed by atoms with Crippen LogP contribution in [-0.4, -0.2) is 36.9 Å². The van der Waals surface area contributed by atoms with Gasteiger partial charge in [0, 0.05) is 7.05 Å².